The van der Waals surface area contributed by atoms with Crippen LogP contribution in [0.3, 0.4) is 0 Å². The number of halogens is 3. The molecule has 1 rings (SSSR count). The molecule has 6 heteroatoms. The van der Waals surface area contributed by atoms with E-state index in [9.17, 15) is 3.09 Å². The predicted octanol–water partition coefficient (Wildman–Crippen LogP) is 6.78. The second-order valence-electron chi connectivity index (χ2n) is 6.46. The van der Waals surface area contributed by atoms with Crippen molar-refractivity contribution in [2.45, 2.75) is 78.3 Å². The molecule has 0 bridgehead atoms. The number of hydrogen-bond donors (Lipinski definition) is 0. The average Bonchev–Trinajstić information content (AvgIpc) is 2.47. The SMILES string of the molecule is CCCCCc1cc(CCCCC)cc([O][Ti]([F])[SiH](C)C)c1.Cl.Cl. The van der Waals surface area contributed by atoms with Gasteiger partial charge in [-0.25, -0.2) is 0 Å². The summed E-state index contributed by atoms with van der Waals surface area (Å²) in [4.78, 5) is 0. The van der Waals surface area contributed by atoms with E-state index in [0.717, 1.165) is 18.6 Å². The Morgan fingerprint density at radius 3 is 1.71 bits per heavy atom. The summed E-state index contributed by atoms with van der Waals surface area (Å²) in [5, 5.41) is 0. The molecule has 0 aliphatic carbocycles. The summed E-state index contributed by atoms with van der Waals surface area (Å²) in [5.41, 5.74) is 2.66. The Kier molecular flexibility index (Phi) is 17.5. The fraction of sp³-hybridized carbons (Fsp3) is 0.667. The van der Waals surface area contributed by atoms with Crippen molar-refractivity contribution in [2.75, 3.05) is 0 Å². The number of rotatable bonds is 11. The second kappa shape index (κ2) is 15.7. The van der Waals surface area contributed by atoms with Crippen LogP contribution in [-0.4, -0.2) is 6.66 Å². The van der Waals surface area contributed by atoms with E-state index in [4.69, 9.17) is 3.32 Å². The predicted molar refractivity (Wildman–Crippen MR) is 108 cm³/mol. The fourth-order valence-corrected chi connectivity index (χ4v) is 4.90. The molecule has 0 saturated carbocycles. The van der Waals surface area contributed by atoms with Crippen molar-refractivity contribution in [1.82, 2.24) is 0 Å². The van der Waals surface area contributed by atoms with Gasteiger partial charge in [0, 0.05) is 0 Å². The zero-order valence-electron chi connectivity index (χ0n) is 15.6. The molecule has 0 atom stereocenters. The van der Waals surface area contributed by atoms with Gasteiger partial charge in [0.1, 0.15) is 0 Å². The van der Waals surface area contributed by atoms with Gasteiger partial charge in [-0.05, 0) is 0 Å². The van der Waals surface area contributed by atoms with Gasteiger partial charge in [0.05, 0.1) is 0 Å². The average molecular weight is 432 g/mol. The maximum Gasteiger partial charge on any atom is -0.147 e. The van der Waals surface area contributed by atoms with Crippen LogP contribution in [0, 0.1) is 0 Å². The van der Waals surface area contributed by atoms with E-state index in [1.165, 1.54) is 49.7 Å². The Balaban J connectivity index is 0. The molecule has 0 spiro atoms. The fourth-order valence-electron chi connectivity index (χ4n) is 2.46. The molecule has 24 heavy (non-hydrogen) atoms. The monoisotopic (exact) mass is 431 g/mol. The summed E-state index contributed by atoms with van der Waals surface area (Å²) in [6.45, 7) is 7.32. The summed E-state index contributed by atoms with van der Waals surface area (Å²) < 4.78 is 19.8. The molecule has 0 N–H and O–H groups in total. The molecule has 0 heterocycles. The summed E-state index contributed by atoms with van der Waals surface area (Å²) in [5.74, 6) is 0.805. The van der Waals surface area contributed by atoms with Gasteiger partial charge in [0.15, 0.2) is 0 Å². The van der Waals surface area contributed by atoms with E-state index in [2.05, 4.69) is 45.1 Å². The zero-order chi connectivity index (χ0) is 16.4. The quantitative estimate of drug-likeness (QED) is 0.277. The summed E-state index contributed by atoms with van der Waals surface area (Å²) in [7, 11) is 0. The summed E-state index contributed by atoms with van der Waals surface area (Å²) >= 11 is -2.75. The molecule has 0 aliphatic heterocycles. The van der Waals surface area contributed by atoms with E-state index in [1.54, 1.807) is 0 Å². The minimum Gasteiger partial charge on any atom is -0.147 e. The van der Waals surface area contributed by atoms with Crippen molar-refractivity contribution in [3.8, 4) is 5.75 Å². The molecule has 0 aromatic heterocycles. The first-order chi connectivity index (χ1) is 10.6. The number of unbranched alkanes of at least 4 members (excludes halogenated alkanes) is 4. The minimum atomic E-state index is -2.75. The van der Waals surface area contributed by atoms with Crippen molar-refractivity contribution in [1.29, 1.82) is 0 Å². The van der Waals surface area contributed by atoms with Crippen molar-refractivity contribution < 1.29 is 24.5 Å². The van der Waals surface area contributed by atoms with Crippen LogP contribution in [0.5, 0.6) is 5.75 Å². The smallest absolute Gasteiger partial charge is 0.147 e. The van der Waals surface area contributed by atoms with Crippen LogP contribution in [-0.2, 0) is 30.9 Å². The minimum absolute atomic E-state index is 0. The van der Waals surface area contributed by atoms with Crippen LogP contribution in [0.1, 0.15) is 63.5 Å². The Hall–Kier alpha value is 0.461. The third-order valence-electron chi connectivity index (χ3n) is 3.83. The second-order valence-corrected chi connectivity index (χ2v) is 17.3. The van der Waals surface area contributed by atoms with Crippen LogP contribution < -0.4 is 3.32 Å². The van der Waals surface area contributed by atoms with Gasteiger partial charge >= 0.3 is 145 Å². The molecule has 1 aromatic rings. The van der Waals surface area contributed by atoms with E-state index in [-0.39, 0.29) is 24.8 Å². The van der Waals surface area contributed by atoms with Crippen LogP contribution in [0.15, 0.2) is 18.2 Å². The van der Waals surface area contributed by atoms with Gasteiger partial charge in [-0.3, -0.25) is 0 Å². The van der Waals surface area contributed by atoms with Gasteiger partial charge in [0.2, 0.25) is 0 Å². The molecule has 0 unspecified atom stereocenters. The van der Waals surface area contributed by atoms with Crippen LogP contribution >= 0.6 is 24.8 Å². The molecular weight excluding hydrogens is 398 g/mol. The first kappa shape index (κ1) is 26.7. The third kappa shape index (κ3) is 11.1. The van der Waals surface area contributed by atoms with Crippen molar-refractivity contribution in [2.24, 2.45) is 0 Å². The van der Waals surface area contributed by atoms with Crippen LogP contribution in [0.25, 0.3) is 0 Å². The van der Waals surface area contributed by atoms with Crippen LogP contribution in [0.2, 0.25) is 13.1 Å². The van der Waals surface area contributed by atoms with Gasteiger partial charge < -0.3 is 0 Å². The molecule has 0 amide bonds. The van der Waals surface area contributed by atoms with E-state index < -0.39 is 24.7 Å². The van der Waals surface area contributed by atoms with Gasteiger partial charge in [0.25, 0.3) is 0 Å². The molecular formula is C18H34Cl2FOSiTi. The Morgan fingerprint density at radius 2 is 1.33 bits per heavy atom. The van der Waals surface area contributed by atoms with E-state index in [0.29, 0.717) is 0 Å². The van der Waals surface area contributed by atoms with Crippen LogP contribution in [0.4, 0.5) is 3.09 Å². The molecule has 0 radical (unpaired) electrons. The van der Waals surface area contributed by atoms with Crippen molar-refractivity contribution in [3.63, 3.8) is 0 Å². The van der Waals surface area contributed by atoms with Gasteiger partial charge in [-0.1, -0.05) is 0 Å². The summed E-state index contributed by atoms with van der Waals surface area (Å²) in [6.07, 6.45) is 9.60. The summed E-state index contributed by atoms with van der Waals surface area (Å²) in [6, 6.07) is 6.48. The first-order valence-corrected chi connectivity index (χ1v) is 15.7. The molecule has 1 nitrogen and oxygen atoms in total. The standard InChI is InChI=1S/C16H26O.C2H7Si.2ClH.FH.Ti/c1-3-5-7-9-14-11-15(10-8-6-4-2)13-16(17)12-14;1-3-2;;;;/h11-13,17H,3-10H2,1-2H3;3H,1-2H3;3*1H;/q;;;;;+2/p-2. The normalized spacial score (nSPS) is 10.1. The first-order valence-electron chi connectivity index (χ1n) is 8.89. The number of benzene rings is 1. The molecule has 0 fully saturated rings. The zero-order valence-corrected chi connectivity index (χ0v) is 19.9. The van der Waals surface area contributed by atoms with Gasteiger partial charge in [-0.15, -0.1) is 24.8 Å². The Morgan fingerprint density at radius 1 is 0.875 bits per heavy atom. The Labute approximate surface area is 168 Å². The largest absolute Gasteiger partial charge is 0.147 e. The number of aryl methyl sites for hydroxylation is 2. The maximum absolute atomic E-state index is 14.1. The Bertz CT molecular complexity index is 407. The molecule has 0 saturated heterocycles. The maximum atomic E-state index is 14.1. The molecule has 141 valence electrons. The molecule has 0 aliphatic rings. The van der Waals surface area contributed by atoms with E-state index >= 15 is 0 Å². The van der Waals surface area contributed by atoms with Crippen molar-refractivity contribution in [3.05, 3.63) is 29.3 Å². The topological polar surface area (TPSA) is 9.23 Å². The molecule has 1 aromatic carbocycles. The third-order valence-corrected chi connectivity index (χ3v) is 10.2. The van der Waals surface area contributed by atoms with E-state index in [1.807, 2.05) is 0 Å². The van der Waals surface area contributed by atoms with Crippen molar-refractivity contribution >= 4 is 31.5 Å². The van der Waals surface area contributed by atoms with Gasteiger partial charge in [-0.2, -0.15) is 0 Å². The number of hydrogen-bond acceptors (Lipinski definition) is 1.